The van der Waals surface area contributed by atoms with Crippen LogP contribution in [-0.2, 0) is 14.4 Å². The topological polar surface area (TPSA) is 214 Å². The summed E-state index contributed by atoms with van der Waals surface area (Å²) < 4.78 is 0.613. The van der Waals surface area contributed by atoms with Crippen molar-refractivity contribution in [1.82, 2.24) is 32.0 Å². The van der Waals surface area contributed by atoms with E-state index in [2.05, 4.69) is 37.0 Å². The highest BCUT2D eigenvalue weighted by molar-refractivity contribution is 8.23. The second-order valence-corrected chi connectivity index (χ2v) is 9.32. The molecule has 3 amide bonds. The van der Waals surface area contributed by atoms with Crippen molar-refractivity contribution in [3.8, 4) is 18.2 Å². The average Bonchev–Trinajstić information content (AvgIpc) is 3.71. The molecule has 1 aromatic rings. The van der Waals surface area contributed by atoms with E-state index >= 15 is 0 Å². The summed E-state index contributed by atoms with van der Waals surface area (Å²) in [5, 5.41) is 30.5. The molecule has 220 valence electrons. The highest BCUT2D eigenvalue weighted by atomic mass is 32.2. The van der Waals surface area contributed by atoms with Gasteiger partial charge in [0.2, 0.25) is 5.91 Å². The third-order valence-corrected chi connectivity index (χ3v) is 6.45. The molecule has 0 bridgehead atoms. The van der Waals surface area contributed by atoms with E-state index in [0.717, 1.165) is 5.69 Å². The molecule has 0 atom stereocenters. The molecule has 3 aliphatic heterocycles. The summed E-state index contributed by atoms with van der Waals surface area (Å²) in [6.07, 6.45) is 0.800. The summed E-state index contributed by atoms with van der Waals surface area (Å²) in [5.74, 6) is 1.92. The summed E-state index contributed by atoms with van der Waals surface area (Å²) in [6, 6.07) is 14.7. The standard InChI is InChI=1S/C10H11N3O.C7H6N4.C4H7N3O.C4H6N2OS2/c1-11-9-7-10(14)13(12-9)8-5-3-2-4-6-8;1-11-7(2-3-8)6(4-9)5-10;1-5-3-2-4(8)7-6-3;1-5-6-3(7)2-9-4(6)8/h2-6H,7H2,1H3,(H,11,12);11H,2H2,1H3;2H2,1H3,(H,5,6)(H,7,8);5H,2H2,1H3. The molecule has 3 aliphatic rings. The van der Waals surface area contributed by atoms with Crippen LogP contribution in [-0.4, -0.2) is 72.7 Å². The Morgan fingerprint density at radius 1 is 1.00 bits per heavy atom. The third-order valence-electron chi connectivity index (χ3n) is 5.10. The number of thiocarbonyl (C=S) groups is 1. The number of aliphatic imine (C=N–C) groups is 2. The van der Waals surface area contributed by atoms with Crippen LogP contribution in [0.3, 0.4) is 0 Å². The van der Waals surface area contributed by atoms with E-state index in [1.807, 2.05) is 36.4 Å². The van der Waals surface area contributed by atoms with Crippen molar-refractivity contribution in [2.75, 3.05) is 39.0 Å². The Morgan fingerprint density at radius 3 is 2.00 bits per heavy atom. The molecular formula is C25H30N12O3S2. The summed E-state index contributed by atoms with van der Waals surface area (Å²) in [7, 11) is 6.56. The van der Waals surface area contributed by atoms with Gasteiger partial charge in [0.15, 0.2) is 4.32 Å². The minimum absolute atomic E-state index is 0.0226. The molecule has 0 spiro atoms. The summed E-state index contributed by atoms with van der Waals surface area (Å²) >= 11 is 6.21. The van der Waals surface area contributed by atoms with E-state index in [-0.39, 0.29) is 29.7 Å². The third kappa shape index (κ3) is 11.2. The van der Waals surface area contributed by atoms with Crippen LogP contribution in [0.25, 0.3) is 0 Å². The van der Waals surface area contributed by atoms with Gasteiger partial charge in [-0.05, 0) is 12.1 Å². The fraction of sp³-hybridized carbons (Fsp3) is 0.320. The quantitative estimate of drug-likeness (QED) is 0.231. The first-order chi connectivity index (χ1) is 20.2. The molecule has 0 radical (unpaired) electrons. The lowest BCUT2D eigenvalue weighted by atomic mass is 10.2. The first kappa shape index (κ1) is 35.0. The van der Waals surface area contributed by atoms with Gasteiger partial charge < -0.3 is 5.32 Å². The maximum absolute atomic E-state index is 11.5. The zero-order valence-electron chi connectivity index (χ0n) is 23.4. The predicted octanol–water partition coefficient (Wildman–Crippen LogP) is 0.397. The lowest BCUT2D eigenvalue weighted by Gasteiger charge is -2.15. The zero-order chi connectivity index (χ0) is 31.5. The van der Waals surface area contributed by atoms with Gasteiger partial charge in [-0.15, -0.1) is 0 Å². The normalized spacial score (nSPS) is 16.6. The largest absolute Gasteiger partial charge is 0.389 e. The lowest BCUT2D eigenvalue weighted by molar-refractivity contribution is -0.125. The summed E-state index contributed by atoms with van der Waals surface area (Å²) in [5.41, 5.74) is 11.8. The van der Waals surface area contributed by atoms with E-state index in [1.165, 1.54) is 21.8 Å². The fourth-order valence-corrected chi connectivity index (χ4v) is 4.06. The van der Waals surface area contributed by atoms with Crippen LogP contribution < -0.4 is 32.0 Å². The minimum atomic E-state index is -0.0333. The molecule has 1 aromatic carbocycles. The number of para-hydroxylation sites is 1. The van der Waals surface area contributed by atoms with Gasteiger partial charge in [-0.1, -0.05) is 42.2 Å². The molecule has 17 heteroatoms. The summed E-state index contributed by atoms with van der Waals surface area (Å²) in [6.45, 7) is 0. The van der Waals surface area contributed by atoms with Crippen LogP contribution in [0.2, 0.25) is 0 Å². The number of carbonyl (C=O) groups excluding carboxylic acids is 3. The van der Waals surface area contributed by atoms with Crippen LogP contribution in [0, 0.1) is 34.0 Å². The number of nitriles is 3. The van der Waals surface area contributed by atoms with Gasteiger partial charge >= 0.3 is 0 Å². The first-order valence-corrected chi connectivity index (χ1v) is 13.4. The Bertz CT molecular complexity index is 1330. The number of nitrogens with one attached hydrogen (secondary N) is 5. The SMILES string of the molecule is CN=C1CC(=O)N(c2ccccc2)N1.CN=C1CC(=O)NN1.CNC(CC#N)=C(C#N)C#N.CNN1C(=O)CSC1=S. The van der Waals surface area contributed by atoms with Crippen LogP contribution in [0.5, 0.6) is 0 Å². The van der Waals surface area contributed by atoms with Crippen molar-refractivity contribution in [2.45, 2.75) is 19.3 Å². The van der Waals surface area contributed by atoms with Crippen molar-refractivity contribution in [3.05, 3.63) is 41.6 Å². The Hall–Kier alpha value is -5.02. The number of hydrogen-bond acceptors (Lipinski definition) is 12. The first-order valence-electron chi connectivity index (χ1n) is 12.0. The lowest BCUT2D eigenvalue weighted by Crippen LogP contribution is -2.38. The minimum Gasteiger partial charge on any atom is -0.389 e. The molecule has 5 N–H and O–H groups in total. The molecule has 4 rings (SSSR count). The molecule has 3 heterocycles. The molecule has 0 aromatic heterocycles. The summed E-state index contributed by atoms with van der Waals surface area (Å²) in [4.78, 5) is 40.4. The monoisotopic (exact) mass is 610 g/mol. The van der Waals surface area contributed by atoms with Crippen molar-refractivity contribution >= 4 is 63.4 Å². The van der Waals surface area contributed by atoms with Crippen LogP contribution in [0.4, 0.5) is 5.69 Å². The van der Waals surface area contributed by atoms with Gasteiger partial charge in [0.25, 0.3) is 11.8 Å². The number of hydrazine groups is 3. The van der Waals surface area contributed by atoms with Gasteiger partial charge in [-0.3, -0.25) is 40.6 Å². The Balaban J connectivity index is 0.000000287. The predicted molar refractivity (Wildman–Crippen MR) is 163 cm³/mol. The number of amidine groups is 2. The van der Waals surface area contributed by atoms with Crippen LogP contribution in [0.1, 0.15) is 19.3 Å². The fourth-order valence-electron chi connectivity index (χ4n) is 3.00. The van der Waals surface area contributed by atoms with Gasteiger partial charge in [0, 0.05) is 28.2 Å². The van der Waals surface area contributed by atoms with Crippen molar-refractivity contribution < 1.29 is 14.4 Å². The maximum Gasteiger partial charge on any atom is 0.253 e. The van der Waals surface area contributed by atoms with E-state index in [1.54, 1.807) is 40.3 Å². The molecule has 42 heavy (non-hydrogen) atoms. The molecule has 3 fully saturated rings. The number of amides is 3. The Morgan fingerprint density at radius 2 is 1.64 bits per heavy atom. The van der Waals surface area contributed by atoms with Gasteiger partial charge in [-0.2, -0.15) is 15.8 Å². The van der Waals surface area contributed by atoms with Crippen molar-refractivity contribution in [3.63, 3.8) is 0 Å². The Kier molecular flexibility index (Phi) is 15.9. The van der Waals surface area contributed by atoms with Crippen molar-refractivity contribution in [1.29, 1.82) is 15.8 Å². The van der Waals surface area contributed by atoms with E-state index in [4.69, 9.17) is 28.0 Å². The zero-order valence-corrected chi connectivity index (χ0v) is 25.0. The van der Waals surface area contributed by atoms with Gasteiger partial charge in [0.1, 0.15) is 29.4 Å². The highest BCUT2D eigenvalue weighted by Crippen LogP contribution is 2.16. The number of rotatable bonds is 4. The Labute approximate surface area is 253 Å². The van der Waals surface area contributed by atoms with E-state index < -0.39 is 0 Å². The maximum atomic E-state index is 11.5. The molecule has 0 unspecified atom stereocenters. The molecule has 3 saturated heterocycles. The van der Waals surface area contributed by atoms with E-state index in [9.17, 15) is 14.4 Å². The number of carbonyl (C=O) groups is 3. The number of allylic oxidation sites excluding steroid dienone is 2. The van der Waals surface area contributed by atoms with Gasteiger partial charge in [-0.25, -0.2) is 15.4 Å². The van der Waals surface area contributed by atoms with Crippen molar-refractivity contribution in [2.24, 2.45) is 9.98 Å². The van der Waals surface area contributed by atoms with E-state index in [0.29, 0.717) is 40.3 Å². The number of benzene rings is 1. The number of thioether (sulfide) groups is 1. The smallest absolute Gasteiger partial charge is 0.253 e. The average molecular weight is 611 g/mol. The van der Waals surface area contributed by atoms with Crippen LogP contribution in [0.15, 0.2) is 51.6 Å². The second kappa shape index (κ2) is 19.1. The highest BCUT2D eigenvalue weighted by Gasteiger charge is 2.26. The molecule has 0 aliphatic carbocycles. The molecule has 15 nitrogen and oxygen atoms in total. The van der Waals surface area contributed by atoms with Crippen LogP contribution >= 0.6 is 24.0 Å². The number of anilines is 1. The molecular weight excluding hydrogens is 580 g/mol. The molecule has 0 saturated carbocycles. The number of hydrogen-bond donors (Lipinski definition) is 5. The second-order valence-electron chi connectivity index (χ2n) is 7.71. The van der Waals surface area contributed by atoms with Gasteiger partial charge in [0.05, 0.1) is 42.5 Å². The number of nitrogens with zero attached hydrogens (tertiary/aromatic N) is 7.